The van der Waals surface area contributed by atoms with Gasteiger partial charge in [-0.3, -0.25) is 9.69 Å². The third kappa shape index (κ3) is 5.85. The molecule has 150 valence electrons. The molecular weight excluding hydrogens is 356 g/mol. The number of piperidine rings is 1. The highest BCUT2D eigenvalue weighted by molar-refractivity contribution is 5.91. The van der Waals surface area contributed by atoms with Crippen molar-refractivity contribution in [3.8, 4) is 0 Å². The Balaban J connectivity index is 1.29. The number of carbonyl (C=O) groups is 2. The number of aryl methyl sites for hydroxylation is 1. The summed E-state index contributed by atoms with van der Waals surface area (Å²) >= 11 is 0. The fourth-order valence-electron chi connectivity index (χ4n) is 3.35. The predicted molar refractivity (Wildman–Crippen MR) is 107 cm³/mol. The number of amides is 3. The first kappa shape index (κ1) is 19.9. The van der Waals surface area contributed by atoms with Gasteiger partial charge in [0, 0.05) is 38.8 Å². The lowest BCUT2D eigenvalue weighted by atomic mass is 10.0. The number of urea groups is 1. The van der Waals surface area contributed by atoms with E-state index in [0.29, 0.717) is 13.1 Å². The quantitative estimate of drug-likeness (QED) is 0.639. The largest absolute Gasteiger partial charge is 0.459 e. The van der Waals surface area contributed by atoms with Gasteiger partial charge in [0.05, 0.1) is 6.26 Å². The number of likely N-dealkylation sites (tertiary alicyclic amines) is 1. The molecule has 0 unspecified atom stereocenters. The molecule has 7 heteroatoms. The molecule has 1 aromatic carbocycles. The van der Waals surface area contributed by atoms with Gasteiger partial charge in [0.15, 0.2) is 5.76 Å². The minimum atomic E-state index is -0.284. The van der Waals surface area contributed by atoms with E-state index in [2.05, 4.69) is 52.0 Å². The van der Waals surface area contributed by atoms with Crippen LogP contribution in [0.2, 0.25) is 0 Å². The molecule has 2 heterocycles. The molecule has 0 atom stereocenters. The normalized spacial score (nSPS) is 15.2. The first-order valence-corrected chi connectivity index (χ1v) is 9.75. The molecule has 0 bridgehead atoms. The highest BCUT2D eigenvalue weighted by Gasteiger charge is 2.21. The van der Waals surface area contributed by atoms with Gasteiger partial charge in [0.1, 0.15) is 0 Å². The SMILES string of the molecule is Cc1ccccc1CN1CCC(NC(=O)NCCNC(=O)c2ccco2)CC1. The average molecular weight is 384 g/mol. The number of furan rings is 1. The Labute approximate surface area is 165 Å². The van der Waals surface area contributed by atoms with Crippen molar-refractivity contribution >= 4 is 11.9 Å². The lowest BCUT2D eigenvalue weighted by molar-refractivity contribution is 0.0926. The van der Waals surface area contributed by atoms with Crippen molar-refractivity contribution in [2.45, 2.75) is 32.4 Å². The van der Waals surface area contributed by atoms with E-state index in [4.69, 9.17) is 4.42 Å². The number of rotatable bonds is 7. The van der Waals surface area contributed by atoms with Crippen LogP contribution in [0, 0.1) is 6.92 Å². The number of nitrogens with one attached hydrogen (secondary N) is 3. The van der Waals surface area contributed by atoms with Gasteiger partial charge in [-0.25, -0.2) is 4.79 Å². The summed E-state index contributed by atoms with van der Waals surface area (Å²) in [5, 5.41) is 8.50. The Kier molecular flexibility index (Phi) is 7.08. The predicted octanol–water partition coefficient (Wildman–Crippen LogP) is 2.28. The van der Waals surface area contributed by atoms with Gasteiger partial charge in [-0.1, -0.05) is 24.3 Å². The molecule has 1 aromatic heterocycles. The summed E-state index contributed by atoms with van der Waals surface area (Å²) in [6.07, 6.45) is 3.33. The van der Waals surface area contributed by atoms with Crippen molar-refractivity contribution in [2.75, 3.05) is 26.2 Å². The number of carbonyl (C=O) groups excluding carboxylic acids is 2. The summed E-state index contributed by atoms with van der Waals surface area (Å²) < 4.78 is 5.01. The standard InChI is InChI=1S/C21H28N4O3/c1-16-5-2-3-6-17(16)15-25-12-8-18(9-13-25)24-21(27)23-11-10-22-20(26)19-7-4-14-28-19/h2-7,14,18H,8-13,15H2,1H3,(H,22,26)(H2,23,24,27). The van der Waals surface area contributed by atoms with Gasteiger partial charge in [0.2, 0.25) is 0 Å². The van der Waals surface area contributed by atoms with Gasteiger partial charge in [-0.05, 0) is 43.0 Å². The van der Waals surface area contributed by atoms with E-state index in [-0.39, 0.29) is 23.7 Å². The van der Waals surface area contributed by atoms with E-state index in [0.717, 1.165) is 32.5 Å². The lowest BCUT2D eigenvalue weighted by Gasteiger charge is -2.32. The Hall–Kier alpha value is -2.80. The summed E-state index contributed by atoms with van der Waals surface area (Å²) in [5.41, 5.74) is 2.68. The molecule has 28 heavy (non-hydrogen) atoms. The second kappa shape index (κ2) is 9.94. The van der Waals surface area contributed by atoms with Gasteiger partial charge in [-0.15, -0.1) is 0 Å². The van der Waals surface area contributed by atoms with Gasteiger partial charge >= 0.3 is 6.03 Å². The van der Waals surface area contributed by atoms with Crippen LogP contribution in [0.5, 0.6) is 0 Å². The van der Waals surface area contributed by atoms with Crippen molar-refractivity contribution in [3.05, 3.63) is 59.5 Å². The molecule has 0 spiro atoms. The Morgan fingerprint density at radius 1 is 1.07 bits per heavy atom. The minimum absolute atomic E-state index is 0.186. The topological polar surface area (TPSA) is 86.6 Å². The van der Waals surface area contributed by atoms with E-state index in [1.807, 2.05) is 0 Å². The van der Waals surface area contributed by atoms with Crippen LogP contribution < -0.4 is 16.0 Å². The van der Waals surface area contributed by atoms with Crippen molar-refractivity contribution in [2.24, 2.45) is 0 Å². The first-order chi connectivity index (χ1) is 13.6. The van der Waals surface area contributed by atoms with Crippen molar-refractivity contribution in [1.29, 1.82) is 0 Å². The second-order valence-corrected chi connectivity index (χ2v) is 7.11. The molecule has 2 aromatic rings. The molecule has 1 saturated heterocycles. The Morgan fingerprint density at radius 3 is 2.54 bits per heavy atom. The first-order valence-electron chi connectivity index (χ1n) is 9.75. The summed E-state index contributed by atoms with van der Waals surface area (Å²) in [4.78, 5) is 26.2. The van der Waals surface area contributed by atoms with Crippen LogP contribution in [0.1, 0.15) is 34.5 Å². The minimum Gasteiger partial charge on any atom is -0.459 e. The zero-order valence-corrected chi connectivity index (χ0v) is 16.2. The molecule has 0 saturated carbocycles. The maximum absolute atomic E-state index is 12.0. The van der Waals surface area contributed by atoms with E-state index < -0.39 is 0 Å². The smallest absolute Gasteiger partial charge is 0.315 e. The molecule has 7 nitrogen and oxygen atoms in total. The highest BCUT2D eigenvalue weighted by atomic mass is 16.3. The molecule has 1 fully saturated rings. The Bertz CT molecular complexity index is 768. The molecule has 0 aliphatic carbocycles. The molecule has 3 N–H and O–H groups in total. The van der Waals surface area contributed by atoms with E-state index in [1.165, 1.54) is 17.4 Å². The molecular formula is C21H28N4O3. The van der Waals surface area contributed by atoms with Crippen LogP contribution in [-0.4, -0.2) is 49.1 Å². The van der Waals surface area contributed by atoms with E-state index >= 15 is 0 Å². The molecule has 0 radical (unpaired) electrons. The van der Waals surface area contributed by atoms with Crippen molar-refractivity contribution in [1.82, 2.24) is 20.9 Å². The van der Waals surface area contributed by atoms with E-state index in [1.54, 1.807) is 12.1 Å². The van der Waals surface area contributed by atoms with Crippen molar-refractivity contribution in [3.63, 3.8) is 0 Å². The maximum Gasteiger partial charge on any atom is 0.315 e. The average Bonchev–Trinajstić information content (AvgIpc) is 3.23. The monoisotopic (exact) mass is 384 g/mol. The van der Waals surface area contributed by atoms with Crippen LogP contribution in [-0.2, 0) is 6.54 Å². The summed E-state index contributed by atoms with van der Waals surface area (Å²) in [6.45, 7) is 5.76. The third-order valence-corrected chi connectivity index (χ3v) is 5.02. The molecule has 1 aliphatic rings. The number of hydrogen-bond donors (Lipinski definition) is 3. The summed E-state index contributed by atoms with van der Waals surface area (Å²) in [6, 6.07) is 11.7. The van der Waals surface area contributed by atoms with Crippen LogP contribution in [0.3, 0.4) is 0 Å². The van der Waals surface area contributed by atoms with E-state index in [9.17, 15) is 9.59 Å². The van der Waals surface area contributed by atoms with Crippen LogP contribution in [0.25, 0.3) is 0 Å². The van der Waals surface area contributed by atoms with Gasteiger partial charge < -0.3 is 20.4 Å². The fraction of sp³-hybridized carbons (Fsp3) is 0.429. The zero-order chi connectivity index (χ0) is 19.8. The highest BCUT2D eigenvalue weighted by Crippen LogP contribution is 2.16. The summed E-state index contributed by atoms with van der Waals surface area (Å²) in [5.74, 6) is -0.0184. The third-order valence-electron chi connectivity index (χ3n) is 5.02. The number of nitrogens with zero attached hydrogens (tertiary/aromatic N) is 1. The van der Waals surface area contributed by atoms with Crippen LogP contribution >= 0.6 is 0 Å². The molecule has 1 aliphatic heterocycles. The molecule has 3 rings (SSSR count). The van der Waals surface area contributed by atoms with Gasteiger partial charge in [-0.2, -0.15) is 0 Å². The molecule has 3 amide bonds. The van der Waals surface area contributed by atoms with Crippen molar-refractivity contribution < 1.29 is 14.0 Å². The summed E-state index contributed by atoms with van der Waals surface area (Å²) in [7, 11) is 0. The zero-order valence-electron chi connectivity index (χ0n) is 16.2. The number of hydrogen-bond acceptors (Lipinski definition) is 4. The van der Waals surface area contributed by atoms with Crippen LogP contribution in [0.4, 0.5) is 4.79 Å². The van der Waals surface area contributed by atoms with Crippen LogP contribution in [0.15, 0.2) is 47.1 Å². The second-order valence-electron chi connectivity index (χ2n) is 7.11. The fourth-order valence-corrected chi connectivity index (χ4v) is 3.35. The maximum atomic E-state index is 12.0. The Morgan fingerprint density at radius 2 is 1.82 bits per heavy atom. The van der Waals surface area contributed by atoms with Gasteiger partial charge in [0.25, 0.3) is 5.91 Å². The number of benzene rings is 1. The lowest BCUT2D eigenvalue weighted by Crippen LogP contribution is -2.48.